The summed E-state index contributed by atoms with van der Waals surface area (Å²) in [5.74, 6) is 0. The lowest BCUT2D eigenvalue weighted by Gasteiger charge is -1.98. The van der Waals surface area contributed by atoms with E-state index in [1.807, 2.05) is 0 Å². The molecule has 2 rings (SSSR count). The molecule has 5 heteroatoms. The number of halogens is 1. The van der Waals surface area contributed by atoms with E-state index in [1.54, 1.807) is 23.1 Å². The molecule has 17 heavy (non-hydrogen) atoms. The molecule has 1 aromatic heterocycles. The second kappa shape index (κ2) is 6.00. The van der Waals surface area contributed by atoms with Gasteiger partial charge in [-0.3, -0.25) is 0 Å². The van der Waals surface area contributed by atoms with Crippen LogP contribution in [0.25, 0.3) is 10.6 Å². The highest BCUT2D eigenvalue weighted by Crippen LogP contribution is 2.32. The van der Waals surface area contributed by atoms with E-state index in [4.69, 9.17) is 5.73 Å². The first-order chi connectivity index (χ1) is 8.24. The molecule has 1 aromatic carbocycles. The first-order valence-corrected chi connectivity index (χ1v) is 8.07. The molecule has 0 saturated heterocycles. The summed E-state index contributed by atoms with van der Waals surface area (Å²) >= 11 is 6.95. The van der Waals surface area contributed by atoms with Crippen molar-refractivity contribution in [2.45, 2.75) is 11.3 Å². The van der Waals surface area contributed by atoms with Crippen LogP contribution in [0.4, 0.5) is 0 Å². The Balaban J connectivity index is 2.29. The van der Waals surface area contributed by atoms with Gasteiger partial charge in [-0.05, 0) is 40.9 Å². The van der Waals surface area contributed by atoms with Gasteiger partial charge in [0.2, 0.25) is 0 Å². The number of hydrogen-bond acceptors (Lipinski definition) is 4. The Labute approximate surface area is 118 Å². The molecule has 1 heterocycles. The Morgan fingerprint density at radius 1 is 1.35 bits per heavy atom. The third-order valence-corrected chi connectivity index (χ3v) is 4.99. The predicted octanol–water partition coefficient (Wildman–Crippen LogP) is 3.80. The maximum absolute atomic E-state index is 5.56. The second-order valence-corrected chi connectivity index (χ2v) is 6.70. The van der Waals surface area contributed by atoms with Crippen molar-refractivity contribution >= 4 is 39.0 Å². The van der Waals surface area contributed by atoms with Gasteiger partial charge in [0, 0.05) is 16.9 Å². The quantitative estimate of drug-likeness (QED) is 0.867. The number of thioether (sulfide) groups is 1. The summed E-state index contributed by atoms with van der Waals surface area (Å²) < 4.78 is 1.09. The Hall–Kier alpha value is -0.360. The van der Waals surface area contributed by atoms with E-state index in [2.05, 4.69) is 51.4 Å². The number of nitrogens with zero attached hydrogens (tertiary/aromatic N) is 1. The van der Waals surface area contributed by atoms with Crippen molar-refractivity contribution < 1.29 is 0 Å². The van der Waals surface area contributed by atoms with Crippen molar-refractivity contribution in [1.82, 2.24) is 4.98 Å². The van der Waals surface area contributed by atoms with Gasteiger partial charge in [0.05, 0.1) is 9.48 Å². The first kappa shape index (κ1) is 13.1. The average molecular weight is 329 g/mol. The normalized spacial score (nSPS) is 10.8. The molecule has 0 aliphatic rings. The van der Waals surface area contributed by atoms with Crippen LogP contribution in [0, 0.1) is 0 Å². The van der Waals surface area contributed by atoms with Gasteiger partial charge < -0.3 is 5.73 Å². The molecule has 0 amide bonds. The average Bonchev–Trinajstić information content (AvgIpc) is 2.72. The minimum absolute atomic E-state index is 0.632. The highest BCUT2D eigenvalue weighted by molar-refractivity contribution is 9.11. The molecule has 0 aliphatic carbocycles. The predicted molar refractivity (Wildman–Crippen MR) is 79.8 cm³/mol. The summed E-state index contributed by atoms with van der Waals surface area (Å²) in [4.78, 5) is 5.88. The molecule has 2 nitrogen and oxygen atoms in total. The summed E-state index contributed by atoms with van der Waals surface area (Å²) in [7, 11) is 0. The number of hydrogen-bond donors (Lipinski definition) is 1. The van der Waals surface area contributed by atoms with E-state index in [0.717, 1.165) is 26.5 Å². The Kier molecular flexibility index (Phi) is 4.62. The van der Waals surface area contributed by atoms with Crippen LogP contribution in [0.2, 0.25) is 0 Å². The zero-order valence-electron chi connectivity index (χ0n) is 9.44. The molecule has 0 radical (unpaired) electrons. The van der Waals surface area contributed by atoms with E-state index in [1.165, 1.54) is 4.90 Å². The Bertz CT molecular complexity index is 494. The molecule has 0 bridgehead atoms. The van der Waals surface area contributed by atoms with Crippen LogP contribution in [-0.4, -0.2) is 17.8 Å². The Morgan fingerprint density at radius 3 is 2.65 bits per heavy atom. The van der Waals surface area contributed by atoms with Gasteiger partial charge in [-0.2, -0.15) is 0 Å². The van der Waals surface area contributed by atoms with Crippen LogP contribution in [0.1, 0.15) is 5.69 Å². The lowest BCUT2D eigenvalue weighted by molar-refractivity contribution is 0.931. The van der Waals surface area contributed by atoms with Crippen LogP contribution in [0.15, 0.2) is 32.9 Å². The molecule has 0 unspecified atom stereocenters. The fourth-order valence-corrected chi connectivity index (χ4v) is 3.48. The zero-order chi connectivity index (χ0) is 12.3. The third-order valence-electron chi connectivity index (χ3n) is 2.37. The maximum Gasteiger partial charge on any atom is 0.124 e. The molecular weight excluding hydrogens is 316 g/mol. The van der Waals surface area contributed by atoms with Gasteiger partial charge in [0.15, 0.2) is 0 Å². The van der Waals surface area contributed by atoms with Crippen LogP contribution < -0.4 is 5.73 Å². The molecule has 90 valence electrons. The molecule has 2 aromatic rings. The number of rotatable bonds is 4. The van der Waals surface area contributed by atoms with E-state index in [0.29, 0.717) is 6.54 Å². The van der Waals surface area contributed by atoms with E-state index < -0.39 is 0 Å². The molecule has 0 fully saturated rings. The van der Waals surface area contributed by atoms with Crippen molar-refractivity contribution in [3.8, 4) is 10.6 Å². The highest BCUT2D eigenvalue weighted by atomic mass is 79.9. The van der Waals surface area contributed by atoms with Gasteiger partial charge in [-0.25, -0.2) is 4.98 Å². The number of benzene rings is 1. The monoisotopic (exact) mass is 328 g/mol. The van der Waals surface area contributed by atoms with Crippen molar-refractivity contribution in [2.75, 3.05) is 12.8 Å². The van der Waals surface area contributed by atoms with Crippen molar-refractivity contribution in [3.63, 3.8) is 0 Å². The van der Waals surface area contributed by atoms with Gasteiger partial charge in [-0.15, -0.1) is 23.1 Å². The lowest BCUT2D eigenvalue weighted by Crippen LogP contribution is -2.03. The molecule has 2 N–H and O–H groups in total. The van der Waals surface area contributed by atoms with Crippen LogP contribution >= 0.6 is 39.0 Å². The summed E-state index contributed by atoms with van der Waals surface area (Å²) in [6.45, 7) is 0.632. The SMILES string of the molecule is CSc1ccc(-c2nc(CCN)c(Br)s2)cc1. The summed E-state index contributed by atoms with van der Waals surface area (Å²) in [6.07, 6.45) is 2.90. The lowest BCUT2D eigenvalue weighted by atomic mass is 10.2. The fraction of sp³-hybridized carbons (Fsp3) is 0.250. The third kappa shape index (κ3) is 3.10. The molecular formula is C12H13BrN2S2. The summed E-state index contributed by atoms with van der Waals surface area (Å²) in [5.41, 5.74) is 7.78. The molecule has 0 atom stereocenters. The zero-order valence-corrected chi connectivity index (χ0v) is 12.7. The minimum atomic E-state index is 0.632. The largest absolute Gasteiger partial charge is 0.330 e. The van der Waals surface area contributed by atoms with E-state index in [-0.39, 0.29) is 0 Å². The Morgan fingerprint density at radius 2 is 2.06 bits per heavy atom. The minimum Gasteiger partial charge on any atom is -0.330 e. The maximum atomic E-state index is 5.56. The van der Waals surface area contributed by atoms with E-state index in [9.17, 15) is 0 Å². The van der Waals surface area contributed by atoms with E-state index >= 15 is 0 Å². The van der Waals surface area contributed by atoms with Crippen molar-refractivity contribution in [1.29, 1.82) is 0 Å². The van der Waals surface area contributed by atoms with Gasteiger partial charge in [0.25, 0.3) is 0 Å². The second-order valence-electron chi connectivity index (χ2n) is 3.51. The van der Waals surface area contributed by atoms with Gasteiger partial charge in [-0.1, -0.05) is 12.1 Å². The standard InChI is InChI=1S/C12H13BrN2S2/c1-16-9-4-2-8(3-5-9)12-15-10(6-7-14)11(13)17-12/h2-5H,6-7,14H2,1H3. The van der Waals surface area contributed by atoms with Crippen molar-refractivity contribution in [2.24, 2.45) is 5.73 Å². The van der Waals surface area contributed by atoms with Gasteiger partial charge in [0.1, 0.15) is 5.01 Å². The summed E-state index contributed by atoms with van der Waals surface area (Å²) in [6, 6.07) is 8.47. The number of nitrogens with two attached hydrogens (primary N) is 1. The topological polar surface area (TPSA) is 38.9 Å². The molecule has 0 saturated carbocycles. The summed E-state index contributed by atoms with van der Waals surface area (Å²) in [5, 5.41) is 1.05. The van der Waals surface area contributed by atoms with Gasteiger partial charge >= 0.3 is 0 Å². The number of thiazole rings is 1. The smallest absolute Gasteiger partial charge is 0.124 e. The fourth-order valence-electron chi connectivity index (χ4n) is 1.48. The van der Waals surface area contributed by atoms with Crippen LogP contribution in [-0.2, 0) is 6.42 Å². The first-order valence-electron chi connectivity index (χ1n) is 5.24. The highest BCUT2D eigenvalue weighted by Gasteiger charge is 2.09. The van der Waals surface area contributed by atoms with Crippen molar-refractivity contribution in [3.05, 3.63) is 33.7 Å². The van der Waals surface area contributed by atoms with Crippen LogP contribution in [0.3, 0.4) is 0 Å². The molecule has 0 aliphatic heterocycles. The number of aromatic nitrogens is 1. The van der Waals surface area contributed by atoms with Crippen LogP contribution in [0.5, 0.6) is 0 Å². The molecule has 0 spiro atoms.